The Kier molecular flexibility index (Phi) is 2.87. The third-order valence-corrected chi connectivity index (χ3v) is 1.82. The molecule has 1 aromatic rings. The molecule has 0 spiro atoms. The number of oxime groups is 1. The van der Waals surface area contributed by atoms with Gasteiger partial charge in [0.2, 0.25) is 0 Å². The Morgan fingerprint density at radius 1 is 1.54 bits per heavy atom. The van der Waals surface area contributed by atoms with Gasteiger partial charge in [0.25, 0.3) is 0 Å². The van der Waals surface area contributed by atoms with Crippen molar-refractivity contribution in [3.8, 4) is 0 Å². The third kappa shape index (κ3) is 2.19. The van der Waals surface area contributed by atoms with Crippen molar-refractivity contribution in [2.75, 3.05) is 0 Å². The summed E-state index contributed by atoms with van der Waals surface area (Å²) in [6.45, 7) is 1.88. The molecule has 0 fully saturated rings. The molecular formula is C9H13N3O. The van der Waals surface area contributed by atoms with Crippen LogP contribution < -0.4 is 11.5 Å². The monoisotopic (exact) mass is 179 g/mol. The molecule has 0 aromatic heterocycles. The molecule has 0 saturated carbocycles. The molecule has 0 unspecified atom stereocenters. The molecular weight excluding hydrogens is 166 g/mol. The van der Waals surface area contributed by atoms with Crippen molar-refractivity contribution in [2.45, 2.75) is 13.0 Å². The number of nitrogens with two attached hydrogens (primary N) is 2. The smallest absolute Gasteiger partial charge is 0.170 e. The van der Waals surface area contributed by atoms with Crippen molar-refractivity contribution >= 4 is 5.84 Å². The van der Waals surface area contributed by atoms with Gasteiger partial charge in [0.15, 0.2) is 5.84 Å². The number of benzene rings is 1. The first-order valence-electron chi connectivity index (χ1n) is 3.98. The summed E-state index contributed by atoms with van der Waals surface area (Å²) >= 11 is 0. The minimum Gasteiger partial charge on any atom is -0.409 e. The lowest BCUT2D eigenvalue weighted by Crippen LogP contribution is -2.14. The zero-order chi connectivity index (χ0) is 9.84. The first kappa shape index (κ1) is 9.54. The maximum Gasteiger partial charge on any atom is 0.170 e. The summed E-state index contributed by atoms with van der Waals surface area (Å²) in [6, 6.07) is 7.25. The highest BCUT2D eigenvalue weighted by Crippen LogP contribution is 2.11. The Morgan fingerprint density at radius 3 is 2.77 bits per heavy atom. The van der Waals surface area contributed by atoms with Crippen LogP contribution in [0.3, 0.4) is 0 Å². The van der Waals surface area contributed by atoms with Gasteiger partial charge in [-0.2, -0.15) is 0 Å². The summed E-state index contributed by atoms with van der Waals surface area (Å²) in [4.78, 5) is 0. The highest BCUT2D eigenvalue weighted by atomic mass is 16.4. The molecule has 4 nitrogen and oxygen atoms in total. The Bertz CT molecular complexity index is 320. The van der Waals surface area contributed by atoms with E-state index in [1.807, 2.05) is 19.1 Å². The second-order valence-electron chi connectivity index (χ2n) is 2.90. The van der Waals surface area contributed by atoms with Crippen LogP contribution in [0.25, 0.3) is 0 Å². The number of hydrogen-bond donors (Lipinski definition) is 3. The van der Waals surface area contributed by atoms with Crippen LogP contribution in [0.5, 0.6) is 0 Å². The van der Waals surface area contributed by atoms with Gasteiger partial charge in [-0.1, -0.05) is 23.4 Å². The molecule has 1 atom stereocenters. The van der Waals surface area contributed by atoms with Crippen LogP contribution in [-0.2, 0) is 0 Å². The third-order valence-electron chi connectivity index (χ3n) is 1.82. The summed E-state index contributed by atoms with van der Waals surface area (Å²) in [5, 5.41) is 11.4. The summed E-state index contributed by atoms with van der Waals surface area (Å²) in [7, 11) is 0. The average Bonchev–Trinajstić information content (AvgIpc) is 2.17. The van der Waals surface area contributed by atoms with Crippen LogP contribution in [0.4, 0.5) is 0 Å². The number of hydrogen-bond acceptors (Lipinski definition) is 3. The maximum absolute atomic E-state index is 8.45. The molecule has 0 radical (unpaired) electrons. The molecule has 0 amide bonds. The first-order valence-corrected chi connectivity index (χ1v) is 3.98. The van der Waals surface area contributed by atoms with Crippen molar-refractivity contribution in [2.24, 2.45) is 16.6 Å². The number of rotatable bonds is 2. The van der Waals surface area contributed by atoms with Gasteiger partial charge in [-0.25, -0.2) is 0 Å². The molecule has 1 aromatic carbocycles. The lowest BCUT2D eigenvalue weighted by molar-refractivity contribution is 0.318. The fourth-order valence-corrected chi connectivity index (χ4v) is 1.04. The van der Waals surface area contributed by atoms with E-state index in [1.54, 1.807) is 12.1 Å². The minimum atomic E-state index is -0.0496. The highest BCUT2D eigenvalue weighted by molar-refractivity contribution is 5.97. The van der Waals surface area contributed by atoms with E-state index in [0.717, 1.165) is 5.56 Å². The molecule has 70 valence electrons. The van der Waals surface area contributed by atoms with Crippen LogP contribution in [0.15, 0.2) is 29.4 Å². The molecule has 0 aliphatic heterocycles. The lowest BCUT2D eigenvalue weighted by atomic mass is 10.1. The van der Waals surface area contributed by atoms with Crippen molar-refractivity contribution < 1.29 is 5.21 Å². The van der Waals surface area contributed by atoms with E-state index < -0.39 is 0 Å². The van der Waals surface area contributed by atoms with E-state index >= 15 is 0 Å². The van der Waals surface area contributed by atoms with Gasteiger partial charge in [-0.3, -0.25) is 0 Å². The molecule has 0 saturated heterocycles. The van der Waals surface area contributed by atoms with Crippen LogP contribution >= 0.6 is 0 Å². The van der Waals surface area contributed by atoms with E-state index in [-0.39, 0.29) is 11.9 Å². The summed E-state index contributed by atoms with van der Waals surface area (Å²) in [6.07, 6.45) is 0. The highest BCUT2D eigenvalue weighted by Gasteiger charge is 2.02. The quantitative estimate of drug-likeness (QED) is 0.272. The zero-order valence-electron chi connectivity index (χ0n) is 7.44. The van der Waals surface area contributed by atoms with E-state index in [4.69, 9.17) is 16.7 Å². The zero-order valence-corrected chi connectivity index (χ0v) is 7.44. The first-order chi connectivity index (χ1) is 6.15. The topological polar surface area (TPSA) is 84.6 Å². The van der Waals surface area contributed by atoms with Crippen LogP contribution in [0, 0.1) is 0 Å². The predicted molar refractivity (Wildman–Crippen MR) is 51.6 cm³/mol. The van der Waals surface area contributed by atoms with Crippen LogP contribution in [0.1, 0.15) is 24.1 Å². The largest absolute Gasteiger partial charge is 0.409 e. The van der Waals surface area contributed by atoms with Gasteiger partial charge in [0.05, 0.1) is 0 Å². The van der Waals surface area contributed by atoms with Gasteiger partial charge in [-0.15, -0.1) is 0 Å². The number of amidine groups is 1. The molecule has 4 heteroatoms. The minimum absolute atomic E-state index is 0.0496. The van der Waals surface area contributed by atoms with E-state index in [1.165, 1.54) is 0 Å². The standard InChI is InChI=1S/C9H13N3O/c1-6(10)7-3-2-4-8(5-7)9(11)12-13/h2-6,13H,10H2,1H3,(H2,11,12)/t6-/m1/s1. The van der Waals surface area contributed by atoms with Gasteiger partial charge >= 0.3 is 0 Å². The SMILES string of the molecule is C[C@@H](N)c1cccc(C(N)=NO)c1. The van der Waals surface area contributed by atoms with Crippen molar-refractivity contribution in [3.63, 3.8) is 0 Å². The second-order valence-corrected chi connectivity index (χ2v) is 2.90. The van der Waals surface area contributed by atoms with E-state index in [0.29, 0.717) is 5.56 Å². The maximum atomic E-state index is 8.45. The fourth-order valence-electron chi connectivity index (χ4n) is 1.04. The van der Waals surface area contributed by atoms with Crippen LogP contribution in [0.2, 0.25) is 0 Å². The van der Waals surface area contributed by atoms with Gasteiger partial charge in [-0.05, 0) is 18.6 Å². The molecule has 0 aliphatic rings. The van der Waals surface area contributed by atoms with E-state index in [2.05, 4.69) is 5.16 Å². The van der Waals surface area contributed by atoms with Crippen molar-refractivity contribution in [1.29, 1.82) is 0 Å². The average molecular weight is 179 g/mol. The summed E-state index contributed by atoms with van der Waals surface area (Å²) in [5.74, 6) is 0.0995. The summed E-state index contributed by atoms with van der Waals surface area (Å²) < 4.78 is 0. The molecule has 0 aliphatic carbocycles. The van der Waals surface area contributed by atoms with E-state index in [9.17, 15) is 0 Å². The Hall–Kier alpha value is -1.55. The van der Waals surface area contributed by atoms with Gasteiger partial charge in [0, 0.05) is 11.6 Å². The Morgan fingerprint density at radius 2 is 2.23 bits per heavy atom. The Balaban J connectivity index is 3.05. The lowest BCUT2D eigenvalue weighted by Gasteiger charge is -2.06. The molecule has 0 bridgehead atoms. The van der Waals surface area contributed by atoms with Gasteiger partial charge in [0.1, 0.15) is 0 Å². The van der Waals surface area contributed by atoms with Crippen molar-refractivity contribution in [3.05, 3.63) is 35.4 Å². The molecule has 13 heavy (non-hydrogen) atoms. The van der Waals surface area contributed by atoms with Crippen LogP contribution in [-0.4, -0.2) is 11.0 Å². The predicted octanol–water partition coefficient (Wildman–Crippen LogP) is 0.801. The fraction of sp³-hybridized carbons (Fsp3) is 0.222. The molecule has 0 heterocycles. The second kappa shape index (κ2) is 3.91. The molecule has 5 N–H and O–H groups in total. The van der Waals surface area contributed by atoms with Gasteiger partial charge < -0.3 is 16.7 Å². The summed E-state index contributed by atoms with van der Waals surface area (Å²) in [5.41, 5.74) is 12.7. The Labute approximate surface area is 76.8 Å². The molecule has 1 rings (SSSR count). The normalized spacial score (nSPS) is 14.2. The van der Waals surface area contributed by atoms with Crippen molar-refractivity contribution in [1.82, 2.24) is 0 Å². The number of nitrogens with zero attached hydrogens (tertiary/aromatic N) is 1.